The Labute approximate surface area is 253 Å². The first-order chi connectivity index (χ1) is 20.7. The van der Waals surface area contributed by atoms with Gasteiger partial charge in [-0.3, -0.25) is 14.4 Å². The summed E-state index contributed by atoms with van der Waals surface area (Å²) in [6, 6.07) is 14.7. The lowest BCUT2D eigenvalue weighted by atomic mass is 9.62. The number of carbonyl (C=O) groups is 3. The van der Waals surface area contributed by atoms with Gasteiger partial charge in [0.1, 0.15) is 17.4 Å². The number of anilines is 1. The van der Waals surface area contributed by atoms with Crippen molar-refractivity contribution < 1.29 is 29.0 Å². The maximum Gasteiger partial charge on any atom is 0.246 e. The van der Waals surface area contributed by atoms with Crippen LogP contribution in [0.25, 0.3) is 0 Å². The lowest BCUT2D eigenvalue weighted by molar-refractivity contribution is -0.150. The number of benzene rings is 2. The number of rotatable bonds is 9. The molecular weight excluding hydrogens is 546 g/mol. The smallest absolute Gasteiger partial charge is 0.246 e. The number of nitrogens with one attached hydrogen (secondary N) is 2. The zero-order chi connectivity index (χ0) is 30.4. The van der Waals surface area contributed by atoms with Gasteiger partial charge in [0.15, 0.2) is 0 Å². The Hall–Kier alpha value is -3.43. The molecule has 3 saturated heterocycles. The molecule has 1 spiro atoms. The summed E-state index contributed by atoms with van der Waals surface area (Å²) >= 11 is 0. The molecule has 43 heavy (non-hydrogen) atoms. The average molecular weight is 590 g/mol. The SMILES string of the molecule is CCOc1ccc(NC(=O)[C@@H]2[C@H]3C(=O)N([C@H](CO)c4ccccc4)C(C(=O)NC4CCCCC4)C34CC(C)[C@@]2(C)O4)cc1. The third-order valence-electron chi connectivity index (χ3n) is 10.4. The molecule has 230 valence electrons. The molecule has 2 aromatic rings. The molecule has 0 radical (unpaired) electrons. The van der Waals surface area contributed by atoms with Crippen molar-refractivity contribution in [1.82, 2.24) is 10.2 Å². The maximum atomic E-state index is 14.6. The minimum atomic E-state index is -1.19. The minimum absolute atomic E-state index is 0.0309. The van der Waals surface area contributed by atoms with Crippen LogP contribution in [0.3, 0.4) is 0 Å². The van der Waals surface area contributed by atoms with Gasteiger partial charge in [0.05, 0.1) is 36.7 Å². The van der Waals surface area contributed by atoms with Gasteiger partial charge in [-0.05, 0) is 68.9 Å². The van der Waals surface area contributed by atoms with E-state index in [0.29, 0.717) is 24.5 Å². The second-order valence-corrected chi connectivity index (χ2v) is 12.8. The summed E-state index contributed by atoms with van der Waals surface area (Å²) in [5.74, 6) is -1.96. The number of aliphatic hydroxyl groups is 1. The van der Waals surface area contributed by atoms with E-state index in [1.165, 1.54) is 4.90 Å². The molecule has 0 aromatic heterocycles. The molecule has 7 atom stereocenters. The quantitative estimate of drug-likeness (QED) is 0.403. The van der Waals surface area contributed by atoms with Gasteiger partial charge in [0.2, 0.25) is 17.7 Å². The molecule has 3 amide bonds. The van der Waals surface area contributed by atoms with Gasteiger partial charge < -0.3 is 30.1 Å². The van der Waals surface area contributed by atoms with Crippen LogP contribution in [0, 0.1) is 17.8 Å². The Morgan fingerprint density at radius 1 is 1.07 bits per heavy atom. The largest absolute Gasteiger partial charge is 0.494 e. The highest BCUT2D eigenvalue weighted by atomic mass is 16.5. The Kier molecular flexibility index (Phi) is 7.98. The van der Waals surface area contributed by atoms with E-state index in [1.54, 1.807) is 24.3 Å². The summed E-state index contributed by atoms with van der Waals surface area (Å²) in [5.41, 5.74) is -0.804. The van der Waals surface area contributed by atoms with Gasteiger partial charge in [-0.15, -0.1) is 0 Å². The monoisotopic (exact) mass is 589 g/mol. The van der Waals surface area contributed by atoms with Crippen molar-refractivity contribution in [2.45, 2.75) is 88.6 Å². The van der Waals surface area contributed by atoms with Crippen LogP contribution >= 0.6 is 0 Å². The van der Waals surface area contributed by atoms with Gasteiger partial charge in [-0.2, -0.15) is 0 Å². The molecule has 4 fully saturated rings. The zero-order valence-electron chi connectivity index (χ0n) is 25.3. The van der Waals surface area contributed by atoms with Crippen LogP contribution in [0.15, 0.2) is 54.6 Å². The van der Waals surface area contributed by atoms with Crippen molar-refractivity contribution in [3.63, 3.8) is 0 Å². The highest BCUT2D eigenvalue weighted by Crippen LogP contribution is 2.66. The number of aliphatic hydroxyl groups excluding tert-OH is 1. The molecule has 3 aliphatic heterocycles. The van der Waals surface area contributed by atoms with Crippen LogP contribution in [0.5, 0.6) is 5.75 Å². The molecule has 6 rings (SSSR count). The fourth-order valence-corrected chi connectivity index (χ4v) is 8.29. The number of ether oxygens (including phenoxy) is 2. The summed E-state index contributed by atoms with van der Waals surface area (Å²) < 4.78 is 12.4. The molecule has 2 bridgehead atoms. The van der Waals surface area contributed by atoms with Crippen LogP contribution in [0.1, 0.15) is 70.9 Å². The normalized spacial score (nSPS) is 32.4. The second kappa shape index (κ2) is 11.6. The number of nitrogens with zero attached hydrogens (tertiary/aromatic N) is 1. The highest BCUT2D eigenvalue weighted by Gasteiger charge is 2.80. The number of fused-ring (bicyclic) bond motifs is 1. The fourth-order valence-electron chi connectivity index (χ4n) is 8.29. The van der Waals surface area contributed by atoms with Gasteiger partial charge in [-0.25, -0.2) is 0 Å². The van der Waals surface area contributed by atoms with Crippen molar-refractivity contribution in [2.24, 2.45) is 17.8 Å². The first-order valence-corrected chi connectivity index (χ1v) is 15.8. The number of hydrogen-bond donors (Lipinski definition) is 3. The van der Waals surface area contributed by atoms with E-state index in [1.807, 2.05) is 51.1 Å². The van der Waals surface area contributed by atoms with Crippen molar-refractivity contribution in [3.8, 4) is 5.75 Å². The standard InChI is InChI=1S/C34H43N3O6/c1-4-42-25-17-15-24(16-18-25)35-30(39)27-28-32(41)37(26(20-38)22-11-7-5-8-12-22)29(31(40)36-23-13-9-6-10-14-23)34(28)19-21(2)33(27,3)43-34/h5,7-8,11-12,15-18,21,23,26-29,38H,4,6,9-10,13-14,19-20H2,1-3H3,(H,35,39)(H,36,40)/t21?,26-,27+,28+,29?,33-,34?/m1/s1. The predicted molar refractivity (Wildman–Crippen MR) is 161 cm³/mol. The van der Waals surface area contributed by atoms with Gasteiger partial charge in [0, 0.05) is 11.7 Å². The summed E-state index contributed by atoms with van der Waals surface area (Å²) in [6.07, 6.45) is 5.51. The summed E-state index contributed by atoms with van der Waals surface area (Å²) in [4.78, 5) is 44.6. The Balaban J connectivity index is 1.38. The van der Waals surface area contributed by atoms with Crippen LogP contribution in [0.4, 0.5) is 5.69 Å². The van der Waals surface area contributed by atoms with E-state index in [0.717, 1.165) is 37.7 Å². The third kappa shape index (κ3) is 4.90. The van der Waals surface area contributed by atoms with E-state index < -0.39 is 35.1 Å². The van der Waals surface area contributed by atoms with Gasteiger partial charge >= 0.3 is 0 Å². The molecule has 4 aliphatic rings. The summed E-state index contributed by atoms with van der Waals surface area (Å²) in [7, 11) is 0. The summed E-state index contributed by atoms with van der Waals surface area (Å²) in [5, 5.41) is 17.0. The lowest BCUT2D eigenvalue weighted by Crippen LogP contribution is -2.58. The van der Waals surface area contributed by atoms with Crippen molar-refractivity contribution in [1.29, 1.82) is 0 Å². The molecule has 2 aromatic carbocycles. The first kappa shape index (κ1) is 29.6. The van der Waals surface area contributed by atoms with E-state index in [4.69, 9.17) is 9.47 Å². The van der Waals surface area contributed by atoms with Gasteiger partial charge in [0.25, 0.3) is 0 Å². The predicted octanol–water partition coefficient (Wildman–Crippen LogP) is 4.22. The van der Waals surface area contributed by atoms with Crippen molar-refractivity contribution in [3.05, 3.63) is 60.2 Å². The lowest BCUT2D eigenvalue weighted by Gasteiger charge is -2.38. The van der Waals surface area contributed by atoms with Crippen LogP contribution < -0.4 is 15.4 Å². The van der Waals surface area contributed by atoms with Crippen LogP contribution in [-0.2, 0) is 19.1 Å². The van der Waals surface area contributed by atoms with E-state index in [9.17, 15) is 19.5 Å². The maximum absolute atomic E-state index is 14.6. The molecule has 9 heteroatoms. The Morgan fingerprint density at radius 2 is 1.77 bits per heavy atom. The fraction of sp³-hybridized carbons (Fsp3) is 0.559. The Morgan fingerprint density at radius 3 is 2.42 bits per heavy atom. The van der Waals surface area contributed by atoms with Crippen molar-refractivity contribution >= 4 is 23.4 Å². The van der Waals surface area contributed by atoms with Crippen LogP contribution in [0.2, 0.25) is 0 Å². The molecule has 3 N–H and O–H groups in total. The average Bonchev–Trinajstić information content (AvgIpc) is 3.52. The second-order valence-electron chi connectivity index (χ2n) is 12.8. The van der Waals surface area contributed by atoms with E-state index in [-0.39, 0.29) is 36.3 Å². The number of likely N-dealkylation sites (tertiary alicyclic amines) is 1. The molecule has 1 aliphatic carbocycles. The third-order valence-corrected chi connectivity index (χ3v) is 10.4. The first-order valence-electron chi connectivity index (χ1n) is 15.8. The molecule has 1 saturated carbocycles. The molecule has 3 heterocycles. The topological polar surface area (TPSA) is 117 Å². The Bertz CT molecular complexity index is 1350. The van der Waals surface area contributed by atoms with E-state index >= 15 is 0 Å². The number of carbonyl (C=O) groups excluding carboxylic acids is 3. The van der Waals surface area contributed by atoms with Crippen LogP contribution in [-0.4, -0.2) is 64.2 Å². The number of hydrogen-bond acceptors (Lipinski definition) is 6. The van der Waals surface area contributed by atoms with E-state index in [2.05, 4.69) is 10.6 Å². The van der Waals surface area contributed by atoms with Crippen molar-refractivity contribution in [2.75, 3.05) is 18.5 Å². The summed E-state index contributed by atoms with van der Waals surface area (Å²) in [6.45, 7) is 6.03. The van der Waals surface area contributed by atoms with Gasteiger partial charge in [-0.1, -0.05) is 56.5 Å². The molecular formula is C34H43N3O6. The molecule has 3 unspecified atom stereocenters. The highest BCUT2D eigenvalue weighted by molar-refractivity contribution is 6.02. The minimum Gasteiger partial charge on any atom is -0.494 e. The zero-order valence-corrected chi connectivity index (χ0v) is 25.3. The molecule has 9 nitrogen and oxygen atoms in total. The number of amides is 3.